The van der Waals surface area contributed by atoms with Crippen LogP contribution in [-0.4, -0.2) is 9.97 Å². The molecule has 0 saturated carbocycles. The van der Waals surface area contributed by atoms with Gasteiger partial charge in [-0.05, 0) is 45.7 Å². The summed E-state index contributed by atoms with van der Waals surface area (Å²) in [5.41, 5.74) is 0. The van der Waals surface area contributed by atoms with Gasteiger partial charge in [0.1, 0.15) is 16.7 Å². The van der Waals surface area contributed by atoms with Crippen molar-refractivity contribution in [3.8, 4) is 0 Å². The van der Waals surface area contributed by atoms with Crippen molar-refractivity contribution in [2.45, 2.75) is 9.92 Å². The molecule has 88 valence electrons. The summed E-state index contributed by atoms with van der Waals surface area (Å²) in [6.45, 7) is 0. The third-order valence-corrected chi connectivity index (χ3v) is 3.84. The molecule has 17 heavy (non-hydrogen) atoms. The molecule has 1 heterocycles. The first kappa shape index (κ1) is 12.7. The zero-order valence-electron chi connectivity index (χ0n) is 8.12. The van der Waals surface area contributed by atoms with Crippen molar-refractivity contribution in [3.63, 3.8) is 0 Å². The summed E-state index contributed by atoms with van der Waals surface area (Å²) in [5, 5.41) is 0.474. The van der Waals surface area contributed by atoms with Crippen LogP contribution in [0.1, 0.15) is 0 Å². The van der Waals surface area contributed by atoms with Crippen LogP contribution in [0.4, 0.5) is 8.78 Å². The summed E-state index contributed by atoms with van der Waals surface area (Å²) in [6.07, 6.45) is 1.45. The average Bonchev–Trinajstić information content (AvgIpc) is 2.28. The van der Waals surface area contributed by atoms with Gasteiger partial charge < -0.3 is 0 Å². The van der Waals surface area contributed by atoms with Gasteiger partial charge in [-0.25, -0.2) is 18.7 Å². The van der Waals surface area contributed by atoms with Gasteiger partial charge in [-0.2, -0.15) is 0 Å². The second-order valence-corrected chi connectivity index (χ2v) is 5.19. The highest BCUT2D eigenvalue weighted by molar-refractivity contribution is 9.10. The lowest BCUT2D eigenvalue weighted by Gasteiger charge is -2.04. The van der Waals surface area contributed by atoms with Crippen LogP contribution in [0.3, 0.4) is 0 Å². The van der Waals surface area contributed by atoms with Crippen molar-refractivity contribution in [2.24, 2.45) is 0 Å². The van der Waals surface area contributed by atoms with E-state index >= 15 is 0 Å². The molecule has 0 radical (unpaired) electrons. The fourth-order valence-electron chi connectivity index (χ4n) is 1.06. The molecule has 2 rings (SSSR count). The number of aromatic nitrogens is 2. The predicted molar refractivity (Wildman–Crippen MR) is 65.2 cm³/mol. The first-order chi connectivity index (χ1) is 8.06. The number of rotatable bonds is 2. The van der Waals surface area contributed by atoms with Crippen molar-refractivity contribution in [1.29, 1.82) is 0 Å². The Balaban J connectivity index is 2.37. The molecule has 2 nitrogen and oxygen atoms in total. The number of hydrogen-bond acceptors (Lipinski definition) is 3. The molecule has 7 heteroatoms. The van der Waals surface area contributed by atoms with Crippen molar-refractivity contribution in [3.05, 3.63) is 45.8 Å². The molecule has 0 saturated heterocycles. The molecule has 2 aromatic rings. The highest BCUT2D eigenvalue weighted by Crippen LogP contribution is 2.33. The molecule has 0 atom stereocenters. The molecule has 1 aromatic heterocycles. The van der Waals surface area contributed by atoms with Crippen LogP contribution in [0.25, 0.3) is 0 Å². The molecule has 0 aliphatic rings. The van der Waals surface area contributed by atoms with Gasteiger partial charge in [0.2, 0.25) is 5.28 Å². The summed E-state index contributed by atoms with van der Waals surface area (Å²) in [5.74, 6) is -1.02. The standard InChI is InChI=1S/C10H4BrClF2N2S/c11-6-4-15-10(12)16-9(6)17-8-3-5(13)1-2-7(8)14/h1-4H. The minimum Gasteiger partial charge on any atom is -0.225 e. The molecule has 0 aliphatic heterocycles. The van der Waals surface area contributed by atoms with E-state index in [-0.39, 0.29) is 10.2 Å². The molecule has 0 amide bonds. The molecule has 0 spiro atoms. The molecular weight excluding hydrogens is 334 g/mol. The van der Waals surface area contributed by atoms with Crippen LogP contribution in [0.15, 0.2) is 38.8 Å². The maximum Gasteiger partial charge on any atom is 0.223 e. The van der Waals surface area contributed by atoms with Gasteiger partial charge in [-0.15, -0.1) is 0 Å². The Morgan fingerprint density at radius 1 is 1.29 bits per heavy atom. The maximum absolute atomic E-state index is 13.4. The van der Waals surface area contributed by atoms with E-state index in [4.69, 9.17) is 11.6 Å². The summed E-state index contributed by atoms with van der Waals surface area (Å²) >= 11 is 9.81. The number of nitrogens with zero attached hydrogens (tertiary/aromatic N) is 2. The van der Waals surface area contributed by atoms with E-state index in [1.807, 2.05) is 0 Å². The van der Waals surface area contributed by atoms with E-state index in [2.05, 4.69) is 25.9 Å². The summed E-state index contributed by atoms with van der Waals surface area (Å²) in [4.78, 5) is 7.81. The highest BCUT2D eigenvalue weighted by atomic mass is 79.9. The van der Waals surface area contributed by atoms with Gasteiger partial charge in [0.05, 0.1) is 9.37 Å². The molecule has 0 unspecified atom stereocenters. The van der Waals surface area contributed by atoms with Crippen LogP contribution in [-0.2, 0) is 0 Å². The Morgan fingerprint density at radius 2 is 2.06 bits per heavy atom. The SMILES string of the molecule is Fc1ccc(F)c(Sc2nc(Cl)ncc2Br)c1. The molecule has 0 aliphatic carbocycles. The van der Waals surface area contributed by atoms with E-state index in [1.165, 1.54) is 6.20 Å². The second kappa shape index (κ2) is 5.29. The van der Waals surface area contributed by atoms with Crippen LogP contribution < -0.4 is 0 Å². The fraction of sp³-hybridized carbons (Fsp3) is 0. The fourth-order valence-corrected chi connectivity index (χ4v) is 2.51. The smallest absolute Gasteiger partial charge is 0.223 e. The van der Waals surface area contributed by atoms with Crippen molar-refractivity contribution >= 4 is 39.3 Å². The minimum atomic E-state index is -0.516. The van der Waals surface area contributed by atoms with E-state index in [0.717, 1.165) is 30.0 Å². The Bertz CT molecular complexity index is 518. The highest BCUT2D eigenvalue weighted by Gasteiger charge is 2.10. The third-order valence-electron chi connectivity index (χ3n) is 1.78. The van der Waals surface area contributed by atoms with E-state index in [9.17, 15) is 8.78 Å². The van der Waals surface area contributed by atoms with Crippen LogP contribution in [0.5, 0.6) is 0 Å². The van der Waals surface area contributed by atoms with Crippen LogP contribution >= 0.6 is 39.3 Å². The lowest BCUT2D eigenvalue weighted by molar-refractivity contribution is 0.577. The zero-order valence-corrected chi connectivity index (χ0v) is 11.3. The van der Waals surface area contributed by atoms with E-state index in [0.29, 0.717) is 9.50 Å². The average molecular weight is 338 g/mol. The van der Waals surface area contributed by atoms with E-state index in [1.54, 1.807) is 0 Å². The molecular formula is C10H4BrClF2N2S. The van der Waals surface area contributed by atoms with Crippen molar-refractivity contribution < 1.29 is 8.78 Å². The largest absolute Gasteiger partial charge is 0.225 e. The van der Waals surface area contributed by atoms with Crippen molar-refractivity contribution in [2.75, 3.05) is 0 Å². The normalized spacial score (nSPS) is 10.6. The van der Waals surface area contributed by atoms with Crippen LogP contribution in [0.2, 0.25) is 5.28 Å². The van der Waals surface area contributed by atoms with Gasteiger partial charge in [0, 0.05) is 6.20 Å². The quantitative estimate of drug-likeness (QED) is 0.603. The van der Waals surface area contributed by atoms with Crippen molar-refractivity contribution in [1.82, 2.24) is 9.97 Å². The topological polar surface area (TPSA) is 25.8 Å². The molecule has 0 fully saturated rings. The lowest BCUT2D eigenvalue weighted by atomic mass is 10.3. The van der Waals surface area contributed by atoms with E-state index < -0.39 is 11.6 Å². The van der Waals surface area contributed by atoms with Crippen LogP contribution in [0, 0.1) is 11.6 Å². The number of halogens is 4. The van der Waals surface area contributed by atoms with Gasteiger partial charge in [-0.3, -0.25) is 0 Å². The van der Waals surface area contributed by atoms with Gasteiger partial charge >= 0.3 is 0 Å². The maximum atomic E-state index is 13.4. The summed E-state index contributed by atoms with van der Waals surface area (Å²) < 4.78 is 27.0. The van der Waals surface area contributed by atoms with Gasteiger partial charge in [0.25, 0.3) is 0 Å². The Labute approximate surface area is 114 Å². The Hall–Kier alpha value is -0.720. The Kier molecular flexibility index (Phi) is 3.96. The third kappa shape index (κ3) is 3.14. The lowest BCUT2D eigenvalue weighted by Crippen LogP contribution is -1.89. The monoisotopic (exact) mass is 336 g/mol. The first-order valence-electron chi connectivity index (χ1n) is 4.37. The summed E-state index contributed by atoms with van der Waals surface area (Å²) in [7, 11) is 0. The predicted octanol–water partition coefficient (Wildman–Crippen LogP) is 4.32. The molecule has 0 N–H and O–H groups in total. The zero-order chi connectivity index (χ0) is 12.4. The Morgan fingerprint density at radius 3 is 2.82 bits per heavy atom. The minimum absolute atomic E-state index is 0.0486. The molecule has 1 aromatic carbocycles. The number of hydrogen-bond donors (Lipinski definition) is 0. The first-order valence-corrected chi connectivity index (χ1v) is 6.36. The van der Waals surface area contributed by atoms with Gasteiger partial charge in [0.15, 0.2) is 0 Å². The summed E-state index contributed by atoms with van der Waals surface area (Å²) in [6, 6.07) is 3.22. The van der Waals surface area contributed by atoms with Gasteiger partial charge in [-0.1, -0.05) is 11.8 Å². The number of benzene rings is 1. The molecule has 0 bridgehead atoms. The second-order valence-electron chi connectivity index (χ2n) is 2.97.